The molecule has 152 valence electrons. The predicted molar refractivity (Wildman–Crippen MR) is 104 cm³/mol. The number of nitrogens with one attached hydrogen (secondary N) is 1. The first-order valence-corrected chi connectivity index (χ1v) is 10.7. The normalized spacial score (nSPS) is 11.4. The number of halogens is 2. The molecule has 1 heterocycles. The Labute approximate surface area is 171 Å². The minimum absolute atomic E-state index is 0.00237. The fourth-order valence-corrected chi connectivity index (χ4v) is 3.84. The minimum Gasteiger partial charge on any atom is -0.347 e. The number of nitrogens with zero attached hydrogens (tertiary/aromatic N) is 2. The zero-order valence-corrected chi connectivity index (χ0v) is 16.7. The summed E-state index contributed by atoms with van der Waals surface area (Å²) in [6, 6.07) is 11.8. The van der Waals surface area contributed by atoms with Gasteiger partial charge in [-0.1, -0.05) is 28.9 Å². The van der Waals surface area contributed by atoms with Crippen molar-refractivity contribution in [3.05, 3.63) is 76.6 Å². The molecule has 3 aromatic rings. The molecule has 0 fully saturated rings. The van der Waals surface area contributed by atoms with Crippen LogP contribution in [0.25, 0.3) is 0 Å². The Morgan fingerprint density at radius 3 is 2.45 bits per heavy atom. The summed E-state index contributed by atoms with van der Waals surface area (Å²) < 4.78 is 42.3. The van der Waals surface area contributed by atoms with Crippen molar-refractivity contribution in [2.24, 2.45) is 0 Å². The molecule has 0 radical (unpaired) electrons. The van der Waals surface area contributed by atoms with Crippen LogP contribution in [0.3, 0.4) is 0 Å². The van der Waals surface area contributed by atoms with E-state index in [0.717, 1.165) is 17.7 Å². The van der Waals surface area contributed by atoms with Gasteiger partial charge in [-0.3, -0.25) is 4.79 Å². The van der Waals surface area contributed by atoms with Crippen LogP contribution in [0.4, 0.5) is 4.39 Å². The number of carbonyl (C=O) groups excluding carboxylic acids is 1. The molecular weight excluding hydrogens is 421 g/mol. The number of hydrogen-bond donors (Lipinski definition) is 1. The zero-order valence-electron chi connectivity index (χ0n) is 15.1. The van der Waals surface area contributed by atoms with Gasteiger partial charge in [-0.2, -0.15) is 4.98 Å². The third-order valence-electron chi connectivity index (χ3n) is 4.04. The number of benzene rings is 2. The van der Waals surface area contributed by atoms with Crippen molar-refractivity contribution in [1.29, 1.82) is 0 Å². The summed E-state index contributed by atoms with van der Waals surface area (Å²) in [6.45, 7) is 0.358. The van der Waals surface area contributed by atoms with Crippen molar-refractivity contribution in [2.75, 3.05) is 12.3 Å². The van der Waals surface area contributed by atoms with Gasteiger partial charge in [0.1, 0.15) is 5.82 Å². The second kappa shape index (κ2) is 9.15. The van der Waals surface area contributed by atoms with Gasteiger partial charge in [0.2, 0.25) is 0 Å². The fraction of sp³-hybridized carbons (Fsp3) is 0.211. The molecule has 0 aliphatic carbocycles. The number of aryl methyl sites for hydroxylation is 1. The van der Waals surface area contributed by atoms with E-state index < -0.39 is 21.6 Å². The molecule has 0 atom stereocenters. The molecule has 0 aliphatic rings. The average molecular weight is 438 g/mol. The van der Waals surface area contributed by atoms with Crippen LogP contribution >= 0.6 is 11.6 Å². The summed E-state index contributed by atoms with van der Waals surface area (Å²) in [7, 11) is -3.63. The second-order valence-corrected chi connectivity index (χ2v) is 8.72. The van der Waals surface area contributed by atoms with Crippen LogP contribution < -0.4 is 5.32 Å². The molecule has 10 heteroatoms. The number of rotatable bonds is 8. The van der Waals surface area contributed by atoms with Gasteiger partial charge in [-0.25, -0.2) is 12.8 Å². The van der Waals surface area contributed by atoms with E-state index in [9.17, 15) is 17.6 Å². The summed E-state index contributed by atoms with van der Waals surface area (Å²) in [6.07, 6.45) is 0.557. The Kier molecular flexibility index (Phi) is 6.60. The summed E-state index contributed by atoms with van der Waals surface area (Å²) >= 11 is 5.82. The number of amides is 1. The van der Waals surface area contributed by atoms with Crippen LogP contribution in [-0.4, -0.2) is 36.8 Å². The molecular formula is C19H17ClFN3O4S. The maximum Gasteiger partial charge on any atom is 0.315 e. The van der Waals surface area contributed by atoms with E-state index in [2.05, 4.69) is 15.5 Å². The first-order chi connectivity index (χ1) is 13.8. The van der Waals surface area contributed by atoms with E-state index in [0.29, 0.717) is 18.0 Å². The maximum atomic E-state index is 12.9. The van der Waals surface area contributed by atoms with E-state index in [1.165, 1.54) is 12.1 Å². The van der Waals surface area contributed by atoms with Gasteiger partial charge >= 0.3 is 11.8 Å². The lowest BCUT2D eigenvalue weighted by Crippen LogP contribution is -2.26. The highest BCUT2D eigenvalue weighted by Crippen LogP contribution is 2.13. The smallest absolute Gasteiger partial charge is 0.315 e. The van der Waals surface area contributed by atoms with Crippen molar-refractivity contribution in [3.63, 3.8) is 0 Å². The topological polar surface area (TPSA) is 102 Å². The van der Waals surface area contributed by atoms with Crippen LogP contribution in [0.1, 0.15) is 22.1 Å². The van der Waals surface area contributed by atoms with Crippen molar-refractivity contribution >= 4 is 27.3 Å². The largest absolute Gasteiger partial charge is 0.347 e. The Bertz CT molecular complexity index is 1080. The highest BCUT2D eigenvalue weighted by atomic mass is 35.5. The van der Waals surface area contributed by atoms with Gasteiger partial charge in [0.15, 0.2) is 15.7 Å². The van der Waals surface area contributed by atoms with Gasteiger partial charge in [-0.05, 0) is 48.4 Å². The highest BCUT2D eigenvalue weighted by molar-refractivity contribution is 7.91. The monoisotopic (exact) mass is 437 g/mol. The summed E-state index contributed by atoms with van der Waals surface area (Å²) in [5.74, 6) is -1.50. The van der Waals surface area contributed by atoms with Crippen LogP contribution in [-0.2, 0) is 22.7 Å². The van der Waals surface area contributed by atoms with E-state index in [1.807, 2.05) is 12.1 Å². The molecule has 0 saturated carbocycles. The second-order valence-electron chi connectivity index (χ2n) is 6.17. The van der Waals surface area contributed by atoms with Gasteiger partial charge in [0.05, 0.1) is 10.6 Å². The minimum atomic E-state index is -3.63. The lowest BCUT2D eigenvalue weighted by atomic mass is 10.1. The Hall–Kier alpha value is -2.78. The van der Waals surface area contributed by atoms with Gasteiger partial charge in [0, 0.05) is 18.0 Å². The number of aromatic nitrogens is 2. The third-order valence-corrected chi connectivity index (χ3v) is 6.03. The van der Waals surface area contributed by atoms with Gasteiger partial charge < -0.3 is 9.84 Å². The third kappa shape index (κ3) is 5.85. The molecule has 7 nitrogen and oxygen atoms in total. The van der Waals surface area contributed by atoms with Crippen LogP contribution in [0, 0.1) is 5.82 Å². The molecule has 1 amide bonds. The van der Waals surface area contributed by atoms with E-state index in [-0.39, 0.29) is 28.8 Å². The van der Waals surface area contributed by atoms with Gasteiger partial charge in [0.25, 0.3) is 0 Å². The van der Waals surface area contributed by atoms with Crippen LogP contribution in [0.5, 0.6) is 0 Å². The van der Waals surface area contributed by atoms with Crippen molar-refractivity contribution < 1.29 is 22.1 Å². The standard InChI is InChI=1S/C19H17ClFN3O4S/c20-14-3-1-13(2-4-14)9-11-22-18(25)19-23-17(24-28-19)10-12-29(26,27)16-7-5-15(21)6-8-16/h1-8H,9-12H2,(H,22,25). The summed E-state index contributed by atoms with van der Waals surface area (Å²) in [5.41, 5.74) is 1.01. The quantitative estimate of drug-likeness (QED) is 0.543. The molecule has 0 spiro atoms. The molecule has 0 aliphatic heterocycles. The van der Waals surface area contributed by atoms with Crippen LogP contribution in [0.2, 0.25) is 5.02 Å². The molecule has 0 saturated heterocycles. The Morgan fingerprint density at radius 2 is 1.76 bits per heavy atom. The average Bonchev–Trinajstić information content (AvgIpc) is 3.18. The molecule has 0 bridgehead atoms. The fourth-order valence-electron chi connectivity index (χ4n) is 2.48. The molecule has 1 N–H and O–H groups in total. The van der Waals surface area contributed by atoms with Crippen molar-refractivity contribution in [2.45, 2.75) is 17.7 Å². The van der Waals surface area contributed by atoms with E-state index in [1.54, 1.807) is 12.1 Å². The molecule has 2 aromatic carbocycles. The first kappa shape index (κ1) is 20.9. The van der Waals surface area contributed by atoms with E-state index >= 15 is 0 Å². The van der Waals surface area contributed by atoms with Gasteiger partial charge in [-0.15, -0.1) is 0 Å². The van der Waals surface area contributed by atoms with Crippen molar-refractivity contribution in [1.82, 2.24) is 15.5 Å². The van der Waals surface area contributed by atoms with Crippen molar-refractivity contribution in [3.8, 4) is 0 Å². The lowest BCUT2D eigenvalue weighted by Gasteiger charge is -2.03. The Balaban J connectivity index is 1.51. The highest BCUT2D eigenvalue weighted by Gasteiger charge is 2.19. The predicted octanol–water partition coefficient (Wildman–Crippen LogP) is 2.85. The summed E-state index contributed by atoms with van der Waals surface area (Å²) in [5, 5.41) is 6.93. The maximum absolute atomic E-state index is 12.9. The Morgan fingerprint density at radius 1 is 1.07 bits per heavy atom. The summed E-state index contributed by atoms with van der Waals surface area (Å²) in [4.78, 5) is 16.0. The molecule has 3 rings (SSSR count). The van der Waals surface area contributed by atoms with E-state index in [4.69, 9.17) is 16.1 Å². The molecule has 1 aromatic heterocycles. The first-order valence-electron chi connectivity index (χ1n) is 8.67. The number of carbonyl (C=O) groups is 1. The zero-order chi connectivity index (χ0) is 20.9. The molecule has 29 heavy (non-hydrogen) atoms. The number of sulfone groups is 1. The number of hydrogen-bond acceptors (Lipinski definition) is 6. The van der Waals surface area contributed by atoms with Crippen LogP contribution in [0.15, 0.2) is 57.9 Å². The SMILES string of the molecule is O=C(NCCc1ccc(Cl)cc1)c1nc(CCS(=O)(=O)c2ccc(F)cc2)no1. The molecule has 0 unspecified atom stereocenters. The lowest BCUT2D eigenvalue weighted by molar-refractivity contribution is 0.0910.